The van der Waals surface area contributed by atoms with Gasteiger partial charge in [-0.15, -0.1) is 0 Å². The zero-order valence-corrected chi connectivity index (χ0v) is 14.9. The second-order valence-corrected chi connectivity index (χ2v) is 6.46. The average molecular weight is 372 g/mol. The molecule has 1 amide bonds. The van der Waals surface area contributed by atoms with E-state index in [9.17, 15) is 14.4 Å². The minimum Gasteiger partial charge on any atom is -0.350 e. The molecule has 0 saturated heterocycles. The summed E-state index contributed by atoms with van der Waals surface area (Å²) < 4.78 is 1.40. The maximum Gasteiger partial charge on any atom is 0.328 e. The first-order valence-electron chi connectivity index (χ1n) is 8.22. The number of carbonyl (C=O) groups excluding carboxylic acids is 1. The molecule has 2 aromatic carbocycles. The Hall–Kier alpha value is -2.86. The first-order chi connectivity index (χ1) is 12.5. The van der Waals surface area contributed by atoms with E-state index in [-0.39, 0.29) is 24.9 Å². The number of nitrogens with one attached hydrogen (secondary N) is 2. The summed E-state index contributed by atoms with van der Waals surface area (Å²) in [5.74, 6) is -0.195. The molecule has 0 aliphatic heterocycles. The molecular weight excluding hydrogens is 354 g/mol. The average Bonchev–Trinajstić information content (AvgIpc) is 2.61. The van der Waals surface area contributed by atoms with Gasteiger partial charge in [-0.3, -0.25) is 19.1 Å². The van der Waals surface area contributed by atoms with E-state index < -0.39 is 11.2 Å². The Bertz CT molecular complexity index is 1070. The molecule has 0 spiro atoms. The number of para-hydroxylation sites is 1. The van der Waals surface area contributed by atoms with E-state index >= 15 is 0 Å². The smallest absolute Gasteiger partial charge is 0.328 e. The maximum atomic E-state index is 12.3. The molecule has 7 heteroatoms. The topological polar surface area (TPSA) is 84.0 Å². The van der Waals surface area contributed by atoms with Crippen molar-refractivity contribution >= 4 is 28.4 Å². The van der Waals surface area contributed by atoms with Gasteiger partial charge in [-0.05, 0) is 36.8 Å². The van der Waals surface area contributed by atoms with E-state index in [1.54, 1.807) is 36.4 Å². The van der Waals surface area contributed by atoms with E-state index in [1.165, 1.54) is 4.57 Å². The summed E-state index contributed by atoms with van der Waals surface area (Å²) in [5, 5.41) is 3.91. The second-order valence-electron chi connectivity index (χ2n) is 6.02. The van der Waals surface area contributed by atoms with Gasteiger partial charge < -0.3 is 5.32 Å². The minimum atomic E-state index is -0.524. The molecular formula is C19H18ClN3O3. The van der Waals surface area contributed by atoms with Gasteiger partial charge in [-0.25, -0.2) is 4.79 Å². The van der Waals surface area contributed by atoms with Crippen molar-refractivity contribution < 1.29 is 4.79 Å². The molecule has 0 aliphatic carbocycles. The number of aromatic nitrogens is 2. The Kier molecular flexibility index (Phi) is 5.23. The maximum absolute atomic E-state index is 12.3. The molecule has 0 aliphatic rings. The van der Waals surface area contributed by atoms with Crippen LogP contribution >= 0.6 is 11.6 Å². The van der Waals surface area contributed by atoms with Gasteiger partial charge in [0.1, 0.15) is 0 Å². The highest BCUT2D eigenvalue weighted by Crippen LogP contribution is 2.17. The first kappa shape index (κ1) is 17.9. The number of H-pyrrole nitrogens is 1. The molecule has 3 aromatic rings. The van der Waals surface area contributed by atoms with Crippen LogP contribution in [0, 0.1) is 0 Å². The van der Waals surface area contributed by atoms with E-state index in [0.29, 0.717) is 15.9 Å². The number of halogens is 1. The molecule has 0 bridgehead atoms. The molecule has 1 heterocycles. The van der Waals surface area contributed by atoms with Crippen molar-refractivity contribution in [2.75, 3.05) is 0 Å². The van der Waals surface area contributed by atoms with Crippen LogP contribution in [0.2, 0.25) is 5.02 Å². The standard InChI is InChI=1S/C19H18ClN3O3/c1-12(13-5-4-6-14(20)11-13)21-17(24)9-10-23-16-8-3-2-7-15(16)18(25)22-19(23)26/h2-8,11-12H,9-10H2,1H3,(H,21,24)(H,22,25,26). The molecule has 2 N–H and O–H groups in total. The molecule has 0 saturated carbocycles. The Morgan fingerprint density at radius 1 is 1.19 bits per heavy atom. The number of aryl methyl sites for hydroxylation is 1. The number of amides is 1. The van der Waals surface area contributed by atoms with E-state index in [2.05, 4.69) is 10.3 Å². The van der Waals surface area contributed by atoms with Gasteiger partial charge in [0, 0.05) is 18.0 Å². The van der Waals surface area contributed by atoms with Crippen LogP contribution in [0.4, 0.5) is 0 Å². The van der Waals surface area contributed by atoms with Crippen LogP contribution < -0.4 is 16.6 Å². The van der Waals surface area contributed by atoms with Crippen LogP contribution in [0.5, 0.6) is 0 Å². The van der Waals surface area contributed by atoms with Crippen molar-refractivity contribution in [1.29, 1.82) is 0 Å². The van der Waals surface area contributed by atoms with Gasteiger partial charge in [0.2, 0.25) is 5.91 Å². The zero-order valence-electron chi connectivity index (χ0n) is 14.2. The summed E-state index contributed by atoms with van der Waals surface area (Å²) in [6.45, 7) is 2.04. The molecule has 3 rings (SSSR count). The van der Waals surface area contributed by atoms with Crippen molar-refractivity contribution in [3.05, 3.63) is 80.0 Å². The molecule has 26 heavy (non-hydrogen) atoms. The zero-order chi connectivity index (χ0) is 18.7. The number of hydrogen-bond acceptors (Lipinski definition) is 3. The lowest BCUT2D eigenvalue weighted by atomic mass is 10.1. The predicted octanol–water partition coefficient (Wildman–Crippen LogP) is 2.61. The molecule has 134 valence electrons. The van der Waals surface area contributed by atoms with Crippen molar-refractivity contribution in [2.24, 2.45) is 0 Å². The van der Waals surface area contributed by atoms with Crippen molar-refractivity contribution in [3.8, 4) is 0 Å². The number of nitrogens with zero attached hydrogens (tertiary/aromatic N) is 1. The van der Waals surface area contributed by atoms with Gasteiger partial charge in [0.15, 0.2) is 0 Å². The third-order valence-electron chi connectivity index (χ3n) is 4.19. The highest BCUT2D eigenvalue weighted by molar-refractivity contribution is 6.30. The largest absolute Gasteiger partial charge is 0.350 e. The van der Waals surface area contributed by atoms with Gasteiger partial charge >= 0.3 is 5.69 Å². The number of carbonyl (C=O) groups is 1. The Labute approximate surface area is 154 Å². The van der Waals surface area contributed by atoms with E-state index in [0.717, 1.165) is 5.56 Å². The molecule has 0 fully saturated rings. The van der Waals surface area contributed by atoms with Crippen LogP contribution in [-0.4, -0.2) is 15.5 Å². The van der Waals surface area contributed by atoms with Crippen molar-refractivity contribution in [1.82, 2.24) is 14.9 Å². The fraction of sp³-hybridized carbons (Fsp3) is 0.211. The van der Waals surface area contributed by atoms with Gasteiger partial charge in [-0.1, -0.05) is 35.9 Å². The lowest BCUT2D eigenvalue weighted by molar-refractivity contribution is -0.121. The minimum absolute atomic E-state index is 0.112. The second kappa shape index (κ2) is 7.58. The molecule has 6 nitrogen and oxygen atoms in total. The molecule has 1 atom stereocenters. The molecule has 1 aromatic heterocycles. The first-order valence-corrected chi connectivity index (χ1v) is 8.60. The van der Waals surface area contributed by atoms with E-state index in [4.69, 9.17) is 11.6 Å². The van der Waals surface area contributed by atoms with Gasteiger partial charge in [0.25, 0.3) is 5.56 Å². The van der Waals surface area contributed by atoms with Gasteiger partial charge in [0.05, 0.1) is 16.9 Å². The van der Waals surface area contributed by atoms with Crippen LogP contribution in [0.15, 0.2) is 58.1 Å². The summed E-state index contributed by atoms with van der Waals surface area (Å²) in [7, 11) is 0. The molecule has 0 radical (unpaired) electrons. The fourth-order valence-corrected chi connectivity index (χ4v) is 3.05. The summed E-state index contributed by atoms with van der Waals surface area (Å²) in [5.41, 5.74) is 0.458. The lowest BCUT2D eigenvalue weighted by Gasteiger charge is -2.15. The highest BCUT2D eigenvalue weighted by atomic mass is 35.5. The summed E-state index contributed by atoms with van der Waals surface area (Å²) in [6.07, 6.45) is 0.112. The number of fused-ring (bicyclic) bond motifs is 1. The normalized spacial score (nSPS) is 12.1. The Balaban J connectivity index is 1.73. The molecule has 1 unspecified atom stereocenters. The van der Waals surface area contributed by atoms with Crippen LogP contribution in [0.3, 0.4) is 0 Å². The van der Waals surface area contributed by atoms with Crippen LogP contribution in [-0.2, 0) is 11.3 Å². The van der Waals surface area contributed by atoms with Crippen LogP contribution in [0.1, 0.15) is 24.9 Å². The fourth-order valence-electron chi connectivity index (χ4n) is 2.85. The quantitative estimate of drug-likeness (QED) is 0.723. The van der Waals surface area contributed by atoms with Crippen LogP contribution in [0.25, 0.3) is 10.9 Å². The lowest BCUT2D eigenvalue weighted by Crippen LogP contribution is -2.33. The highest BCUT2D eigenvalue weighted by Gasteiger charge is 2.12. The summed E-state index contributed by atoms with van der Waals surface area (Å²) in [4.78, 5) is 38.5. The Morgan fingerprint density at radius 2 is 1.96 bits per heavy atom. The Morgan fingerprint density at radius 3 is 2.73 bits per heavy atom. The van der Waals surface area contributed by atoms with Gasteiger partial charge in [-0.2, -0.15) is 0 Å². The monoisotopic (exact) mass is 371 g/mol. The predicted molar refractivity (Wildman–Crippen MR) is 101 cm³/mol. The number of rotatable bonds is 5. The summed E-state index contributed by atoms with van der Waals surface area (Å²) in [6, 6.07) is 13.9. The number of benzene rings is 2. The number of aromatic amines is 1. The SMILES string of the molecule is CC(NC(=O)CCn1c(=O)[nH]c(=O)c2ccccc21)c1cccc(Cl)c1. The third kappa shape index (κ3) is 3.86. The summed E-state index contributed by atoms with van der Waals surface area (Å²) >= 11 is 5.97. The van der Waals surface area contributed by atoms with E-state index in [1.807, 2.05) is 19.1 Å². The third-order valence-corrected chi connectivity index (χ3v) is 4.43. The van der Waals surface area contributed by atoms with Crippen molar-refractivity contribution in [3.63, 3.8) is 0 Å². The number of hydrogen-bond donors (Lipinski definition) is 2. The van der Waals surface area contributed by atoms with Crippen molar-refractivity contribution in [2.45, 2.75) is 25.9 Å².